The lowest BCUT2D eigenvalue weighted by atomic mass is 10.0. The summed E-state index contributed by atoms with van der Waals surface area (Å²) < 4.78 is 5.87. The van der Waals surface area contributed by atoms with E-state index in [-0.39, 0.29) is 0 Å². The molecule has 2 aromatic rings. The highest BCUT2D eigenvalue weighted by atomic mass is 16.5. The highest BCUT2D eigenvalue weighted by Gasteiger charge is 2.15. The van der Waals surface area contributed by atoms with Crippen LogP contribution in [0.5, 0.6) is 5.75 Å². The fourth-order valence-corrected chi connectivity index (χ4v) is 3.13. The standard InChI is InChI=1S/C21H27N3O/c1-18-6-5-13-24(17-18)14-15-25-21-11-9-19(10-12-21)16-22-23-20-7-3-2-4-8-20/h2-4,7-12,16,18,23H,5-6,13-15,17H2,1H3. The number of nitrogens with zero attached hydrogens (tertiary/aromatic N) is 2. The van der Waals surface area contributed by atoms with Gasteiger partial charge < -0.3 is 4.74 Å². The highest BCUT2D eigenvalue weighted by Crippen LogP contribution is 2.16. The molecule has 0 radical (unpaired) electrons. The Labute approximate surface area is 150 Å². The Bertz CT molecular complexity index is 655. The third-order valence-electron chi connectivity index (χ3n) is 4.48. The molecule has 132 valence electrons. The van der Waals surface area contributed by atoms with Crippen LogP contribution in [0.25, 0.3) is 0 Å². The molecule has 3 rings (SSSR count). The van der Waals surface area contributed by atoms with Crippen molar-refractivity contribution >= 4 is 11.9 Å². The van der Waals surface area contributed by atoms with E-state index in [4.69, 9.17) is 4.74 Å². The van der Waals surface area contributed by atoms with Crippen molar-refractivity contribution in [2.24, 2.45) is 11.0 Å². The summed E-state index contributed by atoms with van der Waals surface area (Å²) in [6.45, 7) is 6.49. The zero-order valence-electron chi connectivity index (χ0n) is 14.9. The number of anilines is 1. The van der Waals surface area contributed by atoms with Gasteiger partial charge in [0.25, 0.3) is 0 Å². The van der Waals surface area contributed by atoms with Gasteiger partial charge >= 0.3 is 0 Å². The molecular weight excluding hydrogens is 310 g/mol. The van der Waals surface area contributed by atoms with Crippen LogP contribution in [0.2, 0.25) is 0 Å². The fraction of sp³-hybridized carbons (Fsp3) is 0.381. The van der Waals surface area contributed by atoms with Crippen LogP contribution in [-0.4, -0.2) is 37.4 Å². The second-order valence-electron chi connectivity index (χ2n) is 6.70. The van der Waals surface area contributed by atoms with Gasteiger partial charge in [0.05, 0.1) is 11.9 Å². The largest absolute Gasteiger partial charge is 0.492 e. The summed E-state index contributed by atoms with van der Waals surface area (Å²) in [7, 11) is 0. The molecule has 4 heteroatoms. The first kappa shape index (κ1) is 17.5. The van der Waals surface area contributed by atoms with E-state index in [0.29, 0.717) is 0 Å². The van der Waals surface area contributed by atoms with Gasteiger partial charge in [0.2, 0.25) is 0 Å². The van der Waals surface area contributed by atoms with Crippen molar-refractivity contribution in [1.29, 1.82) is 0 Å². The molecule has 2 aromatic carbocycles. The normalized spacial score (nSPS) is 18.4. The molecule has 1 saturated heterocycles. The number of nitrogens with one attached hydrogen (secondary N) is 1. The summed E-state index contributed by atoms with van der Waals surface area (Å²) >= 11 is 0. The van der Waals surface area contributed by atoms with Crippen molar-refractivity contribution < 1.29 is 4.74 Å². The molecule has 1 N–H and O–H groups in total. The number of piperidine rings is 1. The predicted molar refractivity (Wildman–Crippen MR) is 104 cm³/mol. The number of hydrazone groups is 1. The Balaban J connectivity index is 1.41. The Morgan fingerprint density at radius 1 is 1.16 bits per heavy atom. The maximum Gasteiger partial charge on any atom is 0.119 e. The minimum absolute atomic E-state index is 0.746. The van der Waals surface area contributed by atoms with Crippen LogP contribution in [0, 0.1) is 5.92 Å². The number of hydrogen-bond acceptors (Lipinski definition) is 4. The lowest BCUT2D eigenvalue weighted by Crippen LogP contribution is -2.37. The van der Waals surface area contributed by atoms with Gasteiger partial charge in [0, 0.05) is 13.1 Å². The van der Waals surface area contributed by atoms with Gasteiger partial charge in [-0.15, -0.1) is 0 Å². The van der Waals surface area contributed by atoms with E-state index in [1.165, 1.54) is 25.9 Å². The topological polar surface area (TPSA) is 36.9 Å². The van der Waals surface area contributed by atoms with Crippen LogP contribution >= 0.6 is 0 Å². The molecule has 1 unspecified atom stereocenters. The summed E-state index contributed by atoms with van der Waals surface area (Å²) in [6.07, 6.45) is 4.48. The molecule has 0 amide bonds. The predicted octanol–water partition coefficient (Wildman–Crippen LogP) is 4.24. The van der Waals surface area contributed by atoms with Gasteiger partial charge in [-0.25, -0.2) is 0 Å². The Kier molecular flexibility index (Phi) is 6.46. The van der Waals surface area contributed by atoms with Crippen LogP contribution in [0.3, 0.4) is 0 Å². The van der Waals surface area contributed by atoms with Gasteiger partial charge in [-0.2, -0.15) is 5.10 Å². The first-order valence-electron chi connectivity index (χ1n) is 9.09. The SMILES string of the molecule is CC1CCCN(CCOc2ccc(C=NNc3ccccc3)cc2)C1. The number of rotatable bonds is 7. The van der Waals surface area contributed by atoms with Crippen molar-refractivity contribution in [1.82, 2.24) is 4.90 Å². The molecule has 1 atom stereocenters. The first-order valence-corrected chi connectivity index (χ1v) is 9.09. The molecule has 1 aliphatic rings. The van der Waals surface area contributed by atoms with E-state index in [9.17, 15) is 0 Å². The molecule has 25 heavy (non-hydrogen) atoms. The molecular formula is C21H27N3O. The minimum atomic E-state index is 0.746. The fourth-order valence-electron chi connectivity index (χ4n) is 3.13. The van der Waals surface area contributed by atoms with Gasteiger partial charge in [0.1, 0.15) is 12.4 Å². The molecule has 0 saturated carbocycles. The van der Waals surface area contributed by atoms with Crippen molar-refractivity contribution in [3.63, 3.8) is 0 Å². The van der Waals surface area contributed by atoms with Crippen LogP contribution in [0.4, 0.5) is 5.69 Å². The quantitative estimate of drug-likeness (QED) is 0.606. The van der Waals surface area contributed by atoms with Crippen molar-refractivity contribution in [2.75, 3.05) is 31.7 Å². The lowest BCUT2D eigenvalue weighted by molar-refractivity contribution is 0.153. The van der Waals surface area contributed by atoms with E-state index >= 15 is 0 Å². The number of ether oxygens (including phenoxy) is 1. The van der Waals surface area contributed by atoms with Crippen LogP contribution in [0.1, 0.15) is 25.3 Å². The second-order valence-corrected chi connectivity index (χ2v) is 6.70. The van der Waals surface area contributed by atoms with Crippen molar-refractivity contribution in [2.45, 2.75) is 19.8 Å². The van der Waals surface area contributed by atoms with Crippen molar-refractivity contribution in [3.8, 4) is 5.75 Å². The Morgan fingerprint density at radius 2 is 1.96 bits per heavy atom. The smallest absolute Gasteiger partial charge is 0.119 e. The average Bonchev–Trinajstić information content (AvgIpc) is 2.64. The van der Waals surface area contributed by atoms with Gasteiger partial charge in [-0.05, 0) is 67.3 Å². The summed E-state index contributed by atoms with van der Waals surface area (Å²) in [6, 6.07) is 18.0. The first-order chi connectivity index (χ1) is 12.3. The Morgan fingerprint density at radius 3 is 2.72 bits per heavy atom. The monoisotopic (exact) mass is 337 g/mol. The van der Waals surface area contributed by atoms with Gasteiger partial charge in [-0.3, -0.25) is 10.3 Å². The Hall–Kier alpha value is -2.33. The van der Waals surface area contributed by atoms with E-state index in [1.54, 1.807) is 0 Å². The average molecular weight is 337 g/mol. The van der Waals surface area contributed by atoms with Crippen LogP contribution in [-0.2, 0) is 0 Å². The molecule has 0 aliphatic carbocycles. The maximum atomic E-state index is 5.87. The summed E-state index contributed by atoms with van der Waals surface area (Å²) in [5, 5.41) is 4.25. The zero-order valence-corrected chi connectivity index (χ0v) is 14.9. The number of para-hydroxylation sites is 1. The lowest BCUT2D eigenvalue weighted by Gasteiger charge is -2.30. The van der Waals surface area contributed by atoms with Crippen LogP contribution in [0.15, 0.2) is 59.7 Å². The van der Waals surface area contributed by atoms with E-state index < -0.39 is 0 Å². The highest BCUT2D eigenvalue weighted by molar-refractivity contribution is 5.80. The third-order valence-corrected chi connectivity index (χ3v) is 4.48. The molecule has 0 bridgehead atoms. The second kappa shape index (κ2) is 9.23. The molecule has 1 fully saturated rings. The molecule has 0 aromatic heterocycles. The van der Waals surface area contributed by atoms with Gasteiger partial charge in [0.15, 0.2) is 0 Å². The van der Waals surface area contributed by atoms with Gasteiger partial charge in [-0.1, -0.05) is 25.1 Å². The molecule has 4 nitrogen and oxygen atoms in total. The molecule has 0 spiro atoms. The molecule has 1 heterocycles. The summed E-state index contributed by atoms with van der Waals surface area (Å²) in [5.41, 5.74) is 5.03. The maximum absolute atomic E-state index is 5.87. The number of hydrogen-bond donors (Lipinski definition) is 1. The summed E-state index contributed by atoms with van der Waals surface area (Å²) in [4.78, 5) is 2.50. The minimum Gasteiger partial charge on any atom is -0.492 e. The third kappa shape index (κ3) is 5.91. The number of benzene rings is 2. The number of likely N-dealkylation sites (tertiary alicyclic amines) is 1. The zero-order chi connectivity index (χ0) is 17.3. The molecule has 1 aliphatic heterocycles. The van der Waals surface area contributed by atoms with E-state index in [1.807, 2.05) is 60.8 Å². The van der Waals surface area contributed by atoms with E-state index in [0.717, 1.165) is 36.1 Å². The van der Waals surface area contributed by atoms with E-state index in [2.05, 4.69) is 22.4 Å². The van der Waals surface area contributed by atoms with Crippen molar-refractivity contribution in [3.05, 3.63) is 60.2 Å². The summed E-state index contributed by atoms with van der Waals surface area (Å²) in [5.74, 6) is 1.73. The van der Waals surface area contributed by atoms with Crippen LogP contribution < -0.4 is 10.2 Å².